The Morgan fingerprint density at radius 2 is 2.35 bits per heavy atom. The summed E-state index contributed by atoms with van der Waals surface area (Å²) in [5.41, 5.74) is 0. The Labute approximate surface area is 132 Å². The molecule has 0 spiro atoms. The van der Waals surface area contributed by atoms with Crippen molar-refractivity contribution >= 4 is 40.9 Å². The van der Waals surface area contributed by atoms with Crippen LogP contribution in [0.3, 0.4) is 0 Å². The molecular weight excluding hydrogens is 319 g/mol. The molecule has 1 saturated heterocycles. The Hall–Kier alpha value is -0.620. The van der Waals surface area contributed by atoms with Crippen molar-refractivity contribution in [3.05, 3.63) is 28.2 Å². The second kappa shape index (κ2) is 7.98. The van der Waals surface area contributed by atoms with E-state index in [1.54, 1.807) is 30.0 Å². The molecule has 7 heteroatoms. The first-order valence-electron chi connectivity index (χ1n) is 6.33. The quantitative estimate of drug-likeness (QED) is 0.785. The molecule has 4 nitrogen and oxygen atoms in total. The van der Waals surface area contributed by atoms with E-state index >= 15 is 0 Å². The summed E-state index contributed by atoms with van der Waals surface area (Å²) in [6.45, 7) is 1.08. The molecule has 0 aromatic heterocycles. The van der Waals surface area contributed by atoms with Crippen LogP contribution in [0.4, 0.5) is 0 Å². The van der Waals surface area contributed by atoms with Crippen molar-refractivity contribution < 1.29 is 9.53 Å². The highest BCUT2D eigenvalue weighted by atomic mass is 35.5. The summed E-state index contributed by atoms with van der Waals surface area (Å²) in [6.07, 6.45) is 0.727. The molecule has 1 heterocycles. The van der Waals surface area contributed by atoms with Crippen molar-refractivity contribution in [2.45, 2.75) is 12.5 Å². The normalized spacial score (nSPS) is 18.0. The van der Waals surface area contributed by atoms with Crippen LogP contribution in [0.15, 0.2) is 18.2 Å². The second-order valence-electron chi connectivity index (χ2n) is 4.34. The minimum Gasteiger partial charge on any atom is -0.492 e. The SMILES string of the molecule is O=C(NCCCOc1ccc(Cl)cc1Cl)C1CSCN1. The van der Waals surface area contributed by atoms with Crippen LogP contribution >= 0.6 is 35.0 Å². The summed E-state index contributed by atoms with van der Waals surface area (Å²) in [4.78, 5) is 11.7. The summed E-state index contributed by atoms with van der Waals surface area (Å²) >= 11 is 13.5. The number of rotatable bonds is 6. The summed E-state index contributed by atoms with van der Waals surface area (Å²) in [7, 11) is 0. The maximum Gasteiger partial charge on any atom is 0.238 e. The van der Waals surface area contributed by atoms with Crippen molar-refractivity contribution in [3.8, 4) is 5.75 Å². The first-order valence-corrected chi connectivity index (χ1v) is 8.24. The van der Waals surface area contributed by atoms with Gasteiger partial charge < -0.3 is 10.1 Å². The summed E-state index contributed by atoms with van der Waals surface area (Å²) in [6, 6.07) is 5.05. The van der Waals surface area contributed by atoms with Crippen LogP contribution in [0.2, 0.25) is 10.0 Å². The largest absolute Gasteiger partial charge is 0.492 e. The van der Waals surface area contributed by atoms with Crippen LogP contribution in [-0.2, 0) is 4.79 Å². The van der Waals surface area contributed by atoms with E-state index in [4.69, 9.17) is 27.9 Å². The summed E-state index contributed by atoms with van der Waals surface area (Å²) in [5, 5.41) is 7.09. The van der Waals surface area contributed by atoms with Crippen molar-refractivity contribution in [1.82, 2.24) is 10.6 Å². The van der Waals surface area contributed by atoms with Gasteiger partial charge in [0.25, 0.3) is 0 Å². The van der Waals surface area contributed by atoms with Crippen LogP contribution < -0.4 is 15.4 Å². The zero-order valence-corrected chi connectivity index (χ0v) is 13.2. The van der Waals surface area contributed by atoms with E-state index in [1.807, 2.05) is 0 Å². The molecule has 0 aliphatic carbocycles. The van der Waals surface area contributed by atoms with Crippen LogP contribution in [0.1, 0.15) is 6.42 Å². The fraction of sp³-hybridized carbons (Fsp3) is 0.462. The molecule has 0 saturated carbocycles. The highest BCUT2D eigenvalue weighted by Crippen LogP contribution is 2.27. The molecule has 110 valence electrons. The van der Waals surface area contributed by atoms with E-state index in [1.165, 1.54) is 0 Å². The molecule has 1 unspecified atom stereocenters. The predicted molar refractivity (Wildman–Crippen MR) is 83.8 cm³/mol. The molecule has 2 N–H and O–H groups in total. The third-order valence-electron chi connectivity index (χ3n) is 2.80. The zero-order valence-electron chi connectivity index (χ0n) is 10.8. The Kier molecular flexibility index (Phi) is 6.29. The van der Waals surface area contributed by atoms with E-state index in [2.05, 4.69) is 10.6 Å². The van der Waals surface area contributed by atoms with Gasteiger partial charge >= 0.3 is 0 Å². The van der Waals surface area contributed by atoms with Gasteiger partial charge in [-0.2, -0.15) is 0 Å². The molecule has 1 aromatic rings. The molecule has 20 heavy (non-hydrogen) atoms. The lowest BCUT2D eigenvalue weighted by Gasteiger charge is -2.11. The maximum absolute atomic E-state index is 11.7. The zero-order chi connectivity index (χ0) is 14.4. The molecule has 1 aromatic carbocycles. The lowest BCUT2D eigenvalue weighted by atomic mass is 10.3. The minimum absolute atomic E-state index is 0.0551. The molecular formula is C13H16Cl2N2O2S. The average molecular weight is 335 g/mol. The molecule has 1 aliphatic heterocycles. The van der Waals surface area contributed by atoms with Gasteiger partial charge in [-0.1, -0.05) is 23.2 Å². The Balaban J connectivity index is 1.62. The maximum atomic E-state index is 11.7. The molecule has 2 rings (SSSR count). The van der Waals surface area contributed by atoms with Gasteiger partial charge in [0.2, 0.25) is 5.91 Å². The number of carbonyl (C=O) groups is 1. The van der Waals surface area contributed by atoms with Gasteiger partial charge in [0.1, 0.15) is 5.75 Å². The number of nitrogens with one attached hydrogen (secondary N) is 2. The fourth-order valence-corrected chi connectivity index (χ4v) is 3.15. The van der Waals surface area contributed by atoms with Gasteiger partial charge in [0, 0.05) is 23.2 Å². The highest BCUT2D eigenvalue weighted by molar-refractivity contribution is 7.99. The van der Waals surface area contributed by atoms with Crippen molar-refractivity contribution in [1.29, 1.82) is 0 Å². The molecule has 1 aliphatic rings. The van der Waals surface area contributed by atoms with Crippen LogP contribution in [0.25, 0.3) is 0 Å². The van der Waals surface area contributed by atoms with E-state index in [9.17, 15) is 4.79 Å². The number of hydrogen-bond donors (Lipinski definition) is 2. The van der Waals surface area contributed by atoms with Crippen LogP contribution in [0.5, 0.6) is 5.75 Å². The monoisotopic (exact) mass is 334 g/mol. The Bertz CT molecular complexity index is 468. The van der Waals surface area contributed by atoms with Crippen LogP contribution in [-0.4, -0.2) is 36.7 Å². The first-order chi connectivity index (χ1) is 9.66. The molecule has 1 amide bonds. The predicted octanol–water partition coefficient (Wildman–Crippen LogP) is 2.54. The van der Waals surface area contributed by atoms with Gasteiger partial charge in [-0.15, -0.1) is 11.8 Å². The van der Waals surface area contributed by atoms with Gasteiger partial charge in [0.05, 0.1) is 17.7 Å². The molecule has 0 bridgehead atoms. The average Bonchev–Trinajstić information content (AvgIpc) is 2.94. The van der Waals surface area contributed by atoms with E-state index in [-0.39, 0.29) is 11.9 Å². The van der Waals surface area contributed by atoms with E-state index in [0.29, 0.717) is 28.9 Å². The third-order valence-corrected chi connectivity index (χ3v) is 4.27. The van der Waals surface area contributed by atoms with Crippen molar-refractivity contribution in [2.75, 3.05) is 24.8 Å². The lowest BCUT2D eigenvalue weighted by molar-refractivity contribution is -0.122. The number of amides is 1. The van der Waals surface area contributed by atoms with Crippen molar-refractivity contribution in [3.63, 3.8) is 0 Å². The highest BCUT2D eigenvalue weighted by Gasteiger charge is 2.21. The molecule has 1 atom stereocenters. The van der Waals surface area contributed by atoms with Gasteiger partial charge in [0.15, 0.2) is 0 Å². The Morgan fingerprint density at radius 1 is 1.50 bits per heavy atom. The standard InChI is InChI=1S/C13H16Cl2N2O2S/c14-9-2-3-12(10(15)6-9)19-5-1-4-16-13(18)11-7-20-8-17-11/h2-3,6,11,17H,1,4-5,7-8H2,(H,16,18). The third kappa shape index (κ3) is 4.74. The first kappa shape index (κ1) is 15.8. The van der Waals surface area contributed by atoms with Gasteiger partial charge in [-0.25, -0.2) is 0 Å². The fourth-order valence-electron chi connectivity index (χ4n) is 1.74. The number of hydrogen-bond acceptors (Lipinski definition) is 4. The molecule has 0 radical (unpaired) electrons. The Morgan fingerprint density at radius 3 is 3.05 bits per heavy atom. The van der Waals surface area contributed by atoms with E-state index < -0.39 is 0 Å². The number of ether oxygens (including phenoxy) is 1. The lowest BCUT2D eigenvalue weighted by Crippen LogP contribution is -2.42. The molecule has 1 fully saturated rings. The smallest absolute Gasteiger partial charge is 0.238 e. The van der Waals surface area contributed by atoms with E-state index in [0.717, 1.165) is 18.1 Å². The second-order valence-corrected chi connectivity index (χ2v) is 6.21. The number of thioether (sulfide) groups is 1. The number of halogens is 2. The summed E-state index contributed by atoms with van der Waals surface area (Å²) < 4.78 is 5.54. The van der Waals surface area contributed by atoms with Gasteiger partial charge in [-0.05, 0) is 24.6 Å². The topological polar surface area (TPSA) is 50.4 Å². The summed E-state index contributed by atoms with van der Waals surface area (Å²) in [5.74, 6) is 2.34. The van der Waals surface area contributed by atoms with Crippen LogP contribution in [0, 0.1) is 0 Å². The number of carbonyl (C=O) groups excluding carboxylic acids is 1. The minimum atomic E-state index is -0.0633. The van der Waals surface area contributed by atoms with Gasteiger partial charge in [-0.3, -0.25) is 10.1 Å². The van der Waals surface area contributed by atoms with Crippen molar-refractivity contribution in [2.24, 2.45) is 0 Å². The number of benzene rings is 1.